The molecular weight excluding hydrogens is 136 g/mol. The van der Waals surface area contributed by atoms with Gasteiger partial charge in [0.05, 0.1) is 5.60 Å². The van der Waals surface area contributed by atoms with Gasteiger partial charge in [0.15, 0.2) is 0 Å². The topological polar surface area (TPSA) is 9.23 Å². The van der Waals surface area contributed by atoms with Gasteiger partial charge in [0, 0.05) is 12.5 Å². The highest BCUT2D eigenvalue weighted by Gasteiger charge is 2.44. The first-order valence-electron chi connectivity index (χ1n) is 4.07. The van der Waals surface area contributed by atoms with E-state index in [-0.39, 0.29) is 11.0 Å². The van der Waals surface area contributed by atoms with Crippen molar-refractivity contribution in [3.63, 3.8) is 0 Å². The number of methoxy groups -OCH3 is 1. The number of terminal acetylenes is 1. The van der Waals surface area contributed by atoms with E-state index in [0.717, 1.165) is 6.42 Å². The van der Waals surface area contributed by atoms with E-state index in [4.69, 9.17) is 11.2 Å². The first-order chi connectivity index (χ1) is 5.04. The van der Waals surface area contributed by atoms with Gasteiger partial charge in [-0.15, -0.1) is 6.42 Å². The predicted molar refractivity (Wildman–Crippen MR) is 46.2 cm³/mol. The van der Waals surface area contributed by atoms with Crippen molar-refractivity contribution in [1.82, 2.24) is 0 Å². The van der Waals surface area contributed by atoms with Crippen molar-refractivity contribution in [2.45, 2.75) is 38.7 Å². The van der Waals surface area contributed by atoms with Gasteiger partial charge in [0.2, 0.25) is 0 Å². The molecule has 62 valence electrons. The monoisotopic (exact) mass is 152 g/mol. The minimum Gasteiger partial charge on any atom is -0.379 e. The lowest BCUT2D eigenvalue weighted by Gasteiger charge is -2.25. The molecule has 1 nitrogen and oxygen atoms in total. The van der Waals surface area contributed by atoms with Crippen LogP contribution in [-0.2, 0) is 4.74 Å². The Kier molecular flexibility index (Phi) is 1.98. The molecule has 1 fully saturated rings. The molecule has 1 heteroatoms. The first-order valence-corrected chi connectivity index (χ1v) is 4.07. The third kappa shape index (κ3) is 1.97. The van der Waals surface area contributed by atoms with E-state index < -0.39 is 0 Å². The molecule has 0 N–H and O–H groups in total. The predicted octanol–water partition coefficient (Wildman–Crippen LogP) is 2.21. The third-order valence-corrected chi connectivity index (χ3v) is 2.48. The van der Waals surface area contributed by atoms with Crippen LogP contribution in [0.15, 0.2) is 0 Å². The average molecular weight is 152 g/mol. The summed E-state index contributed by atoms with van der Waals surface area (Å²) < 4.78 is 5.32. The van der Waals surface area contributed by atoms with Gasteiger partial charge in [-0.3, -0.25) is 0 Å². The summed E-state index contributed by atoms with van der Waals surface area (Å²) in [4.78, 5) is 0. The molecular formula is C10H16O. The number of hydrogen-bond donors (Lipinski definition) is 0. The van der Waals surface area contributed by atoms with Crippen LogP contribution in [0.3, 0.4) is 0 Å². The maximum atomic E-state index is 5.43. The maximum absolute atomic E-state index is 5.43. The lowest BCUT2D eigenvalue weighted by molar-refractivity contribution is 0.00474. The van der Waals surface area contributed by atoms with E-state index in [1.54, 1.807) is 7.11 Å². The molecule has 0 aromatic rings. The van der Waals surface area contributed by atoms with Crippen LogP contribution in [0.2, 0.25) is 0 Å². The summed E-state index contributed by atoms with van der Waals surface area (Å²) in [6.07, 6.45) is 8.77. The van der Waals surface area contributed by atoms with Crippen LogP contribution in [0.5, 0.6) is 0 Å². The van der Waals surface area contributed by atoms with Gasteiger partial charge >= 0.3 is 0 Å². The van der Waals surface area contributed by atoms with Crippen molar-refractivity contribution in [2.24, 2.45) is 5.41 Å². The van der Waals surface area contributed by atoms with Crippen LogP contribution in [0.4, 0.5) is 0 Å². The van der Waals surface area contributed by atoms with Gasteiger partial charge in [-0.05, 0) is 33.1 Å². The van der Waals surface area contributed by atoms with Crippen molar-refractivity contribution in [1.29, 1.82) is 0 Å². The molecule has 0 aliphatic heterocycles. The Balaban J connectivity index is 2.49. The van der Waals surface area contributed by atoms with Crippen LogP contribution in [0, 0.1) is 17.8 Å². The Labute approximate surface area is 69.1 Å². The second kappa shape index (κ2) is 2.53. The number of hydrogen-bond acceptors (Lipinski definition) is 1. The quantitative estimate of drug-likeness (QED) is 0.563. The highest BCUT2D eigenvalue weighted by Crippen LogP contribution is 2.51. The normalized spacial score (nSPS) is 20.9. The standard InChI is InChI=1S/C10H16O/c1-5-10(6-7-10)8-9(2,3)11-4/h1H,6-8H2,2-4H3. The molecule has 1 rings (SSSR count). The van der Waals surface area contributed by atoms with Gasteiger partial charge in [0.1, 0.15) is 0 Å². The molecule has 0 aromatic heterocycles. The molecule has 1 aliphatic rings. The van der Waals surface area contributed by atoms with Crippen molar-refractivity contribution in [2.75, 3.05) is 7.11 Å². The van der Waals surface area contributed by atoms with Gasteiger partial charge in [-0.25, -0.2) is 0 Å². The summed E-state index contributed by atoms with van der Waals surface area (Å²) in [5.74, 6) is 2.86. The largest absolute Gasteiger partial charge is 0.379 e. The first kappa shape index (κ1) is 8.62. The van der Waals surface area contributed by atoms with Gasteiger partial charge in [-0.2, -0.15) is 0 Å². The van der Waals surface area contributed by atoms with Crippen LogP contribution in [0.25, 0.3) is 0 Å². The summed E-state index contributed by atoms with van der Waals surface area (Å²) in [5.41, 5.74) is 0.127. The van der Waals surface area contributed by atoms with E-state index >= 15 is 0 Å². The Morgan fingerprint density at radius 1 is 1.55 bits per heavy atom. The molecule has 0 unspecified atom stereocenters. The highest BCUT2D eigenvalue weighted by molar-refractivity contribution is 5.16. The molecule has 0 bridgehead atoms. The molecule has 0 atom stereocenters. The zero-order chi connectivity index (χ0) is 8.54. The van der Waals surface area contributed by atoms with Crippen molar-refractivity contribution < 1.29 is 4.74 Å². The SMILES string of the molecule is C#CC1(CC(C)(C)OC)CC1. The van der Waals surface area contributed by atoms with Crippen LogP contribution >= 0.6 is 0 Å². The zero-order valence-electron chi connectivity index (χ0n) is 7.61. The summed E-state index contributed by atoms with van der Waals surface area (Å²) >= 11 is 0. The van der Waals surface area contributed by atoms with E-state index in [1.807, 2.05) is 0 Å². The Morgan fingerprint density at radius 3 is 2.36 bits per heavy atom. The fourth-order valence-corrected chi connectivity index (χ4v) is 1.41. The highest BCUT2D eigenvalue weighted by atomic mass is 16.5. The van der Waals surface area contributed by atoms with E-state index in [2.05, 4.69) is 19.8 Å². The Hall–Kier alpha value is -0.480. The smallest absolute Gasteiger partial charge is 0.0637 e. The third-order valence-electron chi connectivity index (χ3n) is 2.48. The van der Waals surface area contributed by atoms with Crippen LogP contribution in [0.1, 0.15) is 33.1 Å². The molecule has 0 aromatic carbocycles. The summed E-state index contributed by atoms with van der Waals surface area (Å²) in [6, 6.07) is 0. The van der Waals surface area contributed by atoms with Crippen molar-refractivity contribution in [3.05, 3.63) is 0 Å². The van der Waals surface area contributed by atoms with Crippen molar-refractivity contribution >= 4 is 0 Å². The van der Waals surface area contributed by atoms with Gasteiger partial charge in [0.25, 0.3) is 0 Å². The molecule has 11 heavy (non-hydrogen) atoms. The second-order valence-electron chi connectivity index (χ2n) is 4.07. The fourth-order valence-electron chi connectivity index (χ4n) is 1.41. The van der Waals surface area contributed by atoms with E-state index in [9.17, 15) is 0 Å². The average Bonchev–Trinajstić information content (AvgIpc) is 2.69. The summed E-state index contributed by atoms with van der Waals surface area (Å²) in [7, 11) is 1.74. The lowest BCUT2D eigenvalue weighted by Crippen LogP contribution is -2.26. The Bertz CT molecular complexity index is 182. The molecule has 0 radical (unpaired) electrons. The molecule has 0 spiro atoms. The number of ether oxygens (including phenoxy) is 1. The lowest BCUT2D eigenvalue weighted by atomic mass is 9.91. The summed E-state index contributed by atoms with van der Waals surface area (Å²) in [5, 5.41) is 0. The van der Waals surface area contributed by atoms with Crippen LogP contribution < -0.4 is 0 Å². The molecule has 1 aliphatic carbocycles. The minimum atomic E-state index is -0.0527. The second-order valence-corrected chi connectivity index (χ2v) is 4.07. The molecule has 1 saturated carbocycles. The zero-order valence-corrected chi connectivity index (χ0v) is 7.61. The Morgan fingerprint density at radius 2 is 2.09 bits per heavy atom. The maximum Gasteiger partial charge on any atom is 0.0637 e. The fraction of sp³-hybridized carbons (Fsp3) is 0.800. The minimum absolute atomic E-state index is 0.0527. The van der Waals surface area contributed by atoms with Gasteiger partial charge in [-0.1, -0.05) is 5.92 Å². The molecule has 0 heterocycles. The number of rotatable bonds is 3. The summed E-state index contributed by atoms with van der Waals surface area (Å²) in [6.45, 7) is 4.18. The van der Waals surface area contributed by atoms with E-state index in [1.165, 1.54) is 12.8 Å². The molecule has 0 amide bonds. The van der Waals surface area contributed by atoms with Gasteiger partial charge < -0.3 is 4.74 Å². The molecule has 0 saturated heterocycles. The van der Waals surface area contributed by atoms with Crippen molar-refractivity contribution in [3.8, 4) is 12.3 Å². The van der Waals surface area contributed by atoms with Crippen LogP contribution in [-0.4, -0.2) is 12.7 Å². The van der Waals surface area contributed by atoms with E-state index in [0.29, 0.717) is 0 Å².